The number of rotatable bonds is 13. The van der Waals surface area contributed by atoms with E-state index in [9.17, 15) is 4.79 Å². The summed E-state index contributed by atoms with van der Waals surface area (Å²) in [6, 6.07) is 0. The highest BCUT2D eigenvalue weighted by molar-refractivity contribution is 5.66. The number of carbonyl (C=O) groups is 1. The fourth-order valence-corrected chi connectivity index (χ4v) is 2.05. The van der Waals surface area contributed by atoms with Gasteiger partial charge in [0, 0.05) is 19.3 Å². The van der Waals surface area contributed by atoms with Crippen molar-refractivity contribution in [3.8, 4) is 11.8 Å². The van der Waals surface area contributed by atoms with E-state index in [1.165, 1.54) is 44.9 Å². The van der Waals surface area contributed by atoms with E-state index in [1.54, 1.807) is 0 Å². The lowest BCUT2D eigenvalue weighted by molar-refractivity contribution is -0.137. The Kier molecular flexibility index (Phi) is 14.9. The van der Waals surface area contributed by atoms with Gasteiger partial charge in [0.1, 0.15) is 0 Å². The van der Waals surface area contributed by atoms with Crippen LogP contribution in [0.5, 0.6) is 0 Å². The second kappa shape index (κ2) is 15.8. The summed E-state index contributed by atoms with van der Waals surface area (Å²) in [5.41, 5.74) is 0. The molecule has 114 valence electrons. The average molecular weight is 278 g/mol. The monoisotopic (exact) mass is 278 g/mol. The lowest BCUT2D eigenvalue weighted by Crippen LogP contribution is -1.92. The number of carboxylic acids is 1. The van der Waals surface area contributed by atoms with Gasteiger partial charge in [-0.25, -0.2) is 0 Å². The van der Waals surface area contributed by atoms with Crippen LogP contribution in [0.1, 0.15) is 83.5 Å². The van der Waals surface area contributed by atoms with Crippen LogP contribution in [-0.2, 0) is 4.79 Å². The number of aliphatic carboxylic acids is 1. The molecule has 0 aliphatic rings. The predicted octanol–water partition coefficient (Wildman–Crippen LogP) is 5.33. The maximum atomic E-state index is 10.3. The molecule has 0 aliphatic carbocycles. The Balaban J connectivity index is 3.12. The van der Waals surface area contributed by atoms with Gasteiger partial charge in [-0.2, -0.15) is 0 Å². The molecule has 0 saturated heterocycles. The summed E-state index contributed by atoms with van der Waals surface area (Å²) >= 11 is 0. The topological polar surface area (TPSA) is 37.3 Å². The van der Waals surface area contributed by atoms with Crippen molar-refractivity contribution in [2.24, 2.45) is 0 Å². The Morgan fingerprint density at radius 2 is 1.35 bits per heavy atom. The zero-order valence-electron chi connectivity index (χ0n) is 12.8. The largest absolute Gasteiger partial charge is 0.481 e. The van der Waals surface area contributed by atoms with Gasteiger partial charge in [0.2, 0.25) is 0 Å². The minimum absolute atomic E-state index is 0.272. The summed E-state index contributed by atoms with van der Waals surface area (Å²) in [5, 5.41) is 8.48. The van der Waals surface area contributed by atoms with Crippen LogP contribution in [0.15, 0.2) is 12.7 Å². The number of unbranched alkanes of at least 4 members (excludes halogenated alkanes) is 10. The van der Waals surface area contributed by atoms with Crippen molar-refractivity contribution in [1.82, 2.24) is 0 Å². The van der Waals surface area contributed by atoms with Crippen LogP contribution < -0.4 is 0 Å². The van der Waals surface area contributed by atoms with Crippen molar-refractivity contribution in [3.05, 3.63) is 12.7 Å². The molecule has 1 N–H and O–H groups in total. The van der Waals surface area contributed by atoms with Crippen LogP contribution in [0, 0.1) is 11.8 Å². The Morgan fingerprint density at radius 3 is 1.90 bits per heavy atom. The Hall–Kier alpha value is -1.23. The molecule has 0 atom stereocenters. The second-order valence-corrected chi connectivity index (χ2v) is 5.26. The first-order valence-corrected chi connectivity index (χ1v) is 8.05. The van der Waals surface area contributed by atoms with E-state index in [1.807, 2.05) is 6.08 Å². The van der Waals surface area contributed by atoms with E-state index in [0.29, 0.717) is 0 Å². The fourth-order valence-electron chi connectivity index (χ4n) is 2.05. The lowest BCUT2D eigenvalue weighted by atomic mass is 10.1. The van der Waals surface area contributed by atoms with Gasteiger partial charge in [-0.1, -0.05) is 38.2 Å². The van der Waals surface area contributed by atoms with Gasteiger partial charge < -0.3 is 5.11 Å². The number of hydrogen-bond donors (Lipinski definition) is 1. The molecule has 0 aromatic heterocycles. The van der Waals surface area contributed by atoms with Crippen molar-refractivity contribution < 1.29 is 9.90 Å². The zero-order chi connectivity index (χ0) is 14.9. The third-order valence-electron chi connectivity index (χ3n) is 3.28. The highest BCUT2D eigenvalue weighted by Crippen LogP contribution is 2.09. The van der Waals surface area contributed by atoms with Crippen molar-refractivity contribution >= 4 is 5.97 Å². The Labute approximate surface area is 124 Å². The van der Waals surface area contributed by atoms with Crippen LogP contribution in [0.25, 0.3) is 0 Å². The van der Waals surface area contributed by atoms with Crippen LogP contribution in [0.2, 0.25) is 0 Å². The molecule has 0 radical (unpaired) electrons. The van der Waals surface area contributed by atoms with Crippen LogP contribution in [0.3, 0.4) is 0 Å². The van der Waals surface area contributed by atoms with Crippen molar-refractivity contribution in [2.75, 3.05) is 0 Å². The minimum atomic E-state index is -0.706. The SMILES string of the molecule is C=CCCCCCCCCCC#CCCCCC(=O)O. The van der Waals surface area contributed by atoms with E-state index in [4.69, 9.17) is 5.11 Å². The summed E-state index contributed by atoms with van der Waals surface area (Å²) in [4.78, 5) is 10.3. The van der Waals surface area contributed by atoms with Gasteiger partial charge in [0.25, 0.3) is 0 Å². The van der Waals surface area contributed by atoms with Crippen LogP contribution in [-0.4, -0.2) is 11.1 Å². The molecule has 0 saturated carbocycles. The first-order valence-electron chi connectivity index (χ1n) is 8.05. The normalized spacial score (nSPS) is 9.80. The molecule has 0 rings (SSSR count). The third kappa shape index (κ3) is 16.8. The molecule has 0 aliphatic heterocycles. The lowest BCUT2D eigenvalue weighted by Gasteiger charge is -1.99. The predicted molar refractivity (Wildman–Crippen MR) is 85.6 cm³/mol. The first-order chi connectivity index (χ1) is 9.77. The molecule has 0 bridgehead atoms. The van der Waals surface area contributed by atoms with E-state index in [0.717, 1.165) is 32.1 Å². The molecule has 0 amide bonds. The number of allylic oxidation sites excluding steroid dienone is 1. The van der Waals surface area contributed by atoms with Gasteiger partial charge in [0.05, 0.1) is 0 Å². The average Bonchev–Trinajstić information content (AvgIpc) is 2.43. The van der Waals surface area contributed by atoms with Gasteiger partial charge in [-0.15, -0.1) is 18.4 Å². The smallest absolute Gasteiger partial charge is 0.303 e. The van der Waals surface area contributed by atoms with Gasteiger partial charge in [-0.3, -0.25) is 4.79 Å². The van der Waals surface area contributed by atoms with Crippen molar-refractivity contribution in [3.63, 3.8) is 0 Å². The Bertz CT molecular complexity index is 296. The van der Waals surface area contributed by atoms with Gasteiger partial charge in [-0.05, 0) is 32.1 Å². The highest BCUT2D eigenvalue weighted by atomic mass is 16.4. The molecule has 20 heavy (non-hydrogen) atoms. The molecule has 0 spiro atoms. The van der Waals surface area contributed by atoms with Gasteiger partial charge >= 0.3 is 5.97 Å². The molecule has 2 nitrogen and oxygen atoms in total. The molecule has 0 heterocycles. The van der Waals surface area contributed by atoms with Gasteiger partial charge in [0.15, 0.2) is 0 Å². The van der Waals surface area contributed by atoms with E-state index in [2.05, 4.69) is 18.4 Å². The van der Waals surface area contributed by atoms with Crippen LogP contribution >= 0.6 is 0 Å². The summed E-state index contributed by atoms with van der Waals surface area (Å²) < 4.78 is 0. The quantitative estimate of drug-likeness (QED) is 0.281. The van der Waals surface area contributed by atoms with E-state index >= 15 is 0 Å². The second-order valence-electron chi connectivity index (χ2n) is 5.26. The van der Waals surface area contributed by atoms with E-state index in [-0.39, 0.29) is 6.42 Å². The maximum absolute atomic E-state index is 10.3. The maximum Gasteiger partial charge on any atom is 0.303 e. The summed E-state index contributed by atoms with van der Waals surface area (Å²) in [6.45, 7) is 3.73. The molecule has 2 heteroatoms. The highest BCUT2D eigenvalue weighted by Gasteiger charge is 1.94. The summed E-state index contributed by atoms with van der Waals surface area (Å²) in [7, 11) is 0. The van der Waals surface area contributed by atoms with E-state index < -0.39 is 5.97 Å². The Morgan fingerprint density at radius 1 is 0.850 bits per heavy atom. The molecule has 0 fully saturated rings. The van der Waals surface area contributed by atoms with Crippen molar-refractivity contribution in [1.29, 1.82) is 0 Å². The van der Waals surface area contributed by atoms with Crippen LogP contribution in [0.4, 0.5) is 0 Å². The minimum Gasteiger partial charge on any atom is -0.481 e. The molecular formula is C18H30O2. The first kappa shape index (κ1) is 18.8. The fraction of sp³-hybridized carbons (Fsp3) is 0.722. The molecule has 0 aromatic rings. The number of hydrogen-bond acceptors (Lipinski definition) is 1. The number of carboxylic acid groups (broad SMARTS) is 1. The summed E-state index contributed by atoms with van der Waals surface area (Å²) in [5.74, 6) is 5.61. The molecule has 0 unspecified atom stereocenters. The standard InChI is InChI=1S/C18H30O2/c1-2-3-4-5-6-7-8-9-10-11-12-13-14-15-16-17-18(19)20/h2H,1,3-11,14-17H2,(H,19,20). The van der Waals surface area contributed by atoms with Crippen molar-refractivity contribution in [2.45, 2.75) is 83.5 Å². The third-order valence-corrected chi connectivity index (χ3v) is 3.28. The summed E-state index contributed by atoms with van der Waals surface area (Å²) in [6.07, 6.45) is 16.1. The zero-order valence-corrected chi connectivity index (χ0v) is 12.8. The molecule has 0 aromatic carbocycles. The molecular weight excluding hydrogens is 248 g/mol.